The van der Waals surface area contributed by atoms with Gasteiger partial charge in [-0.05, 0) is 23.2 Å². The molecule has 0 amide bonds. The molecule has 3 rings (SSSR count). The van der Waals surface area contributed by atoms with Crippen LogP contribution in [0, 0.1) is 0 Å². The number of nitrogens with zero attached hydrogens (tertiary/aromatic N) is 3. The number of benzene rings is 1. The summed E-state index contributed by atoms with van der Waals surface area (Å²) in [6.45, 7) is 0.316. The van der Waals surface area contributed by atoms with Gasteiger partial charge >= 0.3 is 0 Å². The van der Waals surface area contributed by atoms with Crippen molar-refractivity contribution in [3.63, 3.8) is 0 Å². The predicted molar refractivity (Wildman–Crippen MR) is 66.7 cm³/mol. The van der Waals surface area contributed by atoms with Crippen molar-refractivity contribution in [2.75, 3.05) is 6.54 Å². The Balaban J connectivity index is 2.05. The van der Waals surface area contributed by atoms with Gasteiger partial charge in [-0.15, -0.1) is 0 Å². The fourth-order valence-corrected chi connectivity index (χ4v) is 2.24. The van der Waals surface area contributed by atoms with E-state index in [0.29, 0.717) is 6.54 Å². The number of ether oxygens (including phenoxy) is 1. The van der Waals surface area contributed by atoms with Crippen LogP contribution in [-0.2, 0) is 6.42 Å². The summed E-state index contributed by atoms with van der Waals surface area (Å²) in [6, 6.07) is 7.04. The van der Waals surface area contributed by atoms with E-state index in [0.717, 1.165) is 28.6 Å². The van der Waals surface area contributed by atoms with Crippen molar-refractivity contribution in [2.24, 2.45) is 5.11 Å². The predicted octanol–water partition coefficient (Wildman–Crippen LogP) is 2.14. The molecule has 6 nitrogen and oxygen atoms in total. The zero-order chi connectivity index (χ0) is 12.5. The van der Waals surface area contributed by atoms with Crippen molar-refractivity contribution in [3.8, 4) is 5.75 Å². The van der Waals surface area contributed by atoms with Gasteiger partial charge in [0.05, 0.1) is 12.1 Å². The molecule has 0 saturated heterocycles. The third-order valence-corrected chi connectivity index (χ3v) is 3.02. The highest BCUT2D eigenvalue weighted by atomic mass is 16.5. The number of fused-ring (bicyclic) bond motifs is 3. The van der Waals surface area contributed by atoms with E-state index in [9.17, 15) is 4.79 Å². The van der Waals surface area contributed by atoms with Gasteiger partial charge < -0.3 is 9.72 Å². The summed E-state index contributed by atoms with van der Waals surface area (Å²) in [5, 5.41) is 4.41. The van der Waals surface area contributed by atoms with Crippen LogP contribution in [0.4, 0.5) is 0 Å². The summed E-state index contributed by atoms with van der Waals surface area (Å²) in [6.07, 6.45) is 0.608. The Labute approximate surface area is 102 Å². The molecule has 1 aromatic carbocycles. The molecule has 0 saturated carbocycles. The Bertz CT molecular complexity index is 716. The van der Waals surface area contributed by atoms with Crippen LogP contribution < -0.4 is 10.3 Å². The Hall–Kier alpha value is -2.46. The monoisotopic (exact) mass is 242 g/mol. The Morgan fingerprint density at radius 3 is 3.17 bits per heavy atom. The van der Waals surface area contributed by atoms with E-state index in [4.69, 9.17) is 10.3 Å². The molecule has 1 aliphatic rings. The molecule has 1 unspecified atom stereocenters. The molecule has 90 valence electrons. The molecule has 0 radical (unpaired) electrons. The molecule has 2 heterocycles. The van der Waals surface area contributed by atoms with E-state index >= 15 is 0 Å². The molecule has 1 N–H and O–H groups in total. The van der Waals surface area contributed by atoms with Gasteiger partial charge in [0.1, 0.15) is 11.9 Å². The topological polar surface area (TPSA) is 90.9 Å². The van der Waals surface area contributed by atoms with E-state index in [-0.39, 0.29) is 11.7 Å². The first-order valence-electron chi connectivity index (χ1n) is 5.60. The van der Waals surface area contributed by atoms with Gasteiger partial charge in [-0.1, -0.05) is 11.2 Å². The lowest BCUT2D eigenvalue weighted by atomic mass is 10.1. The third kappa shape index (κ3) is 1.69. The lowest BCUT2D eigenvalue weighted by Gasteiger charge is -2.07. The standard InChI is InChI=1S/C12H10N4O2/c13-16-14-6-8-5-7-1-3-10-9(12(7)18-8)2-4-11(17)15-10/h1-4,8H,5-6H2,(H,15,17). The van der Waals surface area contributed by atoms with Gasteiger partial charge in [0, 0.05) is 22.8 Å². The number of aromatic nitrogens is 1. The number of nitrogens with one attached hydrogen (secondary N) is 1. The number of aromatic amines is 1. The molecule has 2 aromatic rings. The van der Waals surface area contributed by atoms with Crippen molar-refractivity contribution in [3.05, 3.63) is 50.6 Å². The number of azide groups is 1. The zero-order valence-electron chi connectivity index (χ0n) is 9.46. The van der Waals surface area contributed by atoms with Gasteiger partial charge in [0.15, 0.2) is 0 Å². The third-order valence-electron chi connectivity index (χ3n) is 3.02. The van der Waals surface area contributed by atoms with E-state index in [1.807, 2.05) is 12.1 Å². The van der Waals surface area contributed by atoms with E-state index in [1.54, 1.807) is 6.07 Å². The molecule has 1 aromatic heterocycles. The van der Waals surface area contributed by atoms with E-state index in [2.05, 4.69) is 15.0 Å². The van der Waals surface area contributed by atoms with Crippen LogP contribution >= 0.6 is 0 Å². The smallest absolute Gasteiger partial charge is 0.248 e. The van der Waals surface area contributed by atoms with Crippen LogP contribution in [-0.4, -0.2) is 17.6 Å². The average Bonchev–Trinajstić information content (AvgIpc) is 2.79. The van der Waals surface area contributed by atoms with Gasteiger partial charge in [0.25, 0.3) is 0 Å². The van der Waals surface area contributed by atoms with Crippen molar-refractivity contribution >= 4 is 10.9 Å². The lowest BCUT2D eigenvalue weighted by Crippen LogP contribution is -2.16. The van der Waals surface area contributed by atoms with Crippen LogP contribution in [0.15, 0.2) is 34.2 Å². The van der Waals surface area contributed by atoms with Gasteiger partial charge in [0.2, 0.25) is 5.56 Å². The molecular formula is C12H10N4O2. The van der Waals surface area contributed by atoms with Gasteiger partial charge in [-0.2, -0.15) is 0 Å². The van der Waals surface area contributed by atoms with Crippen molar-refractivity contribution in [2.45, 2.75) is 12.5 Å². The zero-order valence-corrected chi connectivity index (χ0v) is 9.46. The molecule has 0 spiro atoms. The summed E-state index contributed by atoms with van der Waals surface area (Å²) < 4.78 is 5.78. The second-order valence-electron chi connectivity index (χ2n) is 4.20. The number of rotatable bonds is 2. The van der Waals surface area contributed by atoms with Crippen LogP contribution in [0.5, 0.6) is 5.75 Å². The summed E-state index contributed by atoms with van der Waals surface area (Å²) in [4.78, 5) is 16.7. The van der Waals surface area contributed by atoms with Crippen molar-refractivity contribution in [1.82, 2.24) is 4.98 Å². The minimum atomic E-state index is -0.133. The fourth-order valence-electron chi connectivity index (χ4n) is 2.24. The van der Waals surface area contributed by atoms with Crippen LogP contribution in [0.25, 0.3) is 21.3 Å². The molecule has 1 aliphatic heterocycles. The second-order valence-corrected chi connectivity index (χ2v) is 4.20. The average molecular weight is 242 g/mol. The highest BCUT2D eigenvalue weighted by molar-refractivity contribution is 5.86. The summed E-state index contributed by atoms with van der Waals surface area (Å²) in [7, 11) is 0. The number of hydrogen-bond donors (Lipinski definition) is 1. The molecule has 18 heavy (non-hydrogen) atoms. The largest absolute Gasteiger partial charge is 0.489 e. The van der Waals surface area contributed by atoms with E-state index < -0.39 is 0 Å². The highest BCUT2D eigenvalue weighted by Gasteiger charge is 2.24. The normalized spacial score (nSPS) is 17.0. The Kier molecular flexibility index (Phi) is 2.42. The second kappa shape index (κ2) is 4.09. The summed E-state index contributed by atoms with van der Waals surface area (Å²) in [5.41, 5.74) is 10.0. The first-order chi connectivity index (χ1) is 8.78. The number of pyridine rings is 1. The highest BCUT2D eigenvalue weighted by Crippen LogP contribution is 2.35. The van der Waals surface area contributed by atoms with E-state index in [1.165, 1.54) is 6.07 Å². The number of H-pyrrole nitrogens is 1. The minimum absolute atomic E-state index is 0.117. The maximum atomic E-state index is 11.2. The van der Waals surface area contributed by atoms with Crippen LogP contribution in [0.2, 0.25) is 0 Å². The Morgan fingerprint density at radius 1 is 1.44 bits per heavy atom. The molecule has 6 heteroatoms. The molecule has 1 atom stereocenters. The first-order valence-corrected chi connectivity index (χ1v) is 5.60. The van der Waals surface area contributed by atoms with Crippen LogP contribution in [0.3, 0.4) is 0 Å². The van der Waals surface area contributed by atoms with Crippen molar-refractivity contribution in [1.29, 1.82) is 0 Å². The summed E-state index contributed by atoms with van der Waals surface area (Å²) >= 11 is 0. The first kappa shape index (κ1) is 10.7. The molecule has 0 aliphatic carbocycles. The minimum Gasteiger partial charge on any atom is -0.489 e. The van der Waals surface area contributed by atoms with Gasteiger partial charge in [-0.3, -0.25) is 4.79 Å². The van der Waals surface area contributed by atoms with Gasteiger partial charge in [-0.25, -0.2) is 0 Å². The quantitative estimate of drug-likeness (QED) is 0.496. The maximum Gasteiger partial charge on any atom is 0.248 e. The molecular weight excluding hydrogens is 232 g/mol. The maximum absolute atomic E-state index is 11.2. The van der Waals surface area contributed by atoms with Crippen molar-refractivity contribution < 1.29 is 4.74 Å². The SMILES string of the molecule is [N-]=[N+]=NCC1Cc2ccc3[nH]c(=O)ccc3c2O1. The lowest BCUT2D eigenvalue weighted by molar-refractivity contribution is 0.244. The van der Waals surface area contributed by atoms with Crippen LogP contribution in [0.1, 0.15) is 5.56 Å². The summed E-state index contributed by atoms with van der Waals surface area (Å²) in [5.74, 6) is 0.780. The molecule has 0 bridgehead atoms. The number of hydrogen-bond acceptors (Lipinski definition) is 3. The fraction of sp³-hybridized carbons (Fsp3) is 0.250. The Morgan fingerprint density at radius 2 is 2.33 bits per heavy atom. The molecule has 0 fully saturated rings.